The van der Waals surface area contributed by atoms with Crippen molar-refractivity contribution in [2.45, 2.75) is 11.8 Å². The van der Waals surface area contributed by atoms with Crippen LogP contribution < -0.4 is 5.32 Å². The van der Waals surface area contributed by atoms with E-state index in [0.717, 1.165) is 5.56 Å². The van der Waals surface area contributed by atoms with Crippen molar-refractivity contribution in [1.82, 2.24) is 0 Å². The molecule has 2 N–H and O–H groups in total. The summed E-state index contributed by atoms with van der Waals surface area (Å²) < 4.78 is 0. The van der Waals surface area contributed by atoms with Crippen LogP contribution in [0.5, 0.6) is 5.75 Å². The number of aromatic hydroxyl groups is 1. The van der Waals surface area contributed by atoms with Crippen molar-refractivity contribution in [3.63, 3.8) is 0 Å². The second-order valence-electron chi connectivity index (χ2n) is 4.36. The molecule has 2 rings (SSSR count). The van der Waals surface area contributed by atoms with Crippen molar-refractivity contribution in [3.05, 3.63) is 52.0 Å². The maximum atomic E-state index is 12.0. The molecule has 0 bridgehead atoms. The third-order valence-corrected chi connectivity index (χ3v) is 4.64. The first kappa shape index (κ1) is 16.0. The van der Waals surface area contributed by atoms with Crippen molar-refractivity contribution in [2.24, 2.45) is 0 Å². The van der Waals surface area contributed by atoms with Crippen LogP contribution in [0, 0.1) is 6.92 Å². The zero-order chi connectivity index (χ0) is 15.4. The average molecular weight is 342 g/mol. The Morgan fingerprint density at radius 2 is 1.95 bits per heavy atom. The molecule has 0 saturated carbocycles. The number of aryl methyl sites for hydroxylation is 1. The van der Waals surface area contributed by atoms with E-state index in [2.05, 4.69) is 5.32 Å². The molecule has 0 aliphatic heterocycles. The van der Waals surface area contributed by atoms with Gasteiger partial charge in [-0.3, -0.25) is 4.79 Å². The zero-order valence-corrected chi connectivity index (χ0v) is 13.5. The highest BCUT2D eigenvalue weighted by molar-refractivity contribution is 8.00. The lowest BCUT2D eigenvalue weighted by molar-refractivity contribution is -0.113. The highest BCUT2D eigenvalue weighted by Gasteiger charge is 2.12. The predicted molar refractivity (Wildman–Crippen MR) is 88.7 cm³/mol. The summed E-state index contributed by atoms with van der Waals surface area (Å²) in [5.41, 5.74) is 1.26. The van der Waals surface area contributed by atoms with Crippen LogP contribution in [0.15, 0.2) is 41.3 Å². The molecule has 2 aromatic rings. The second kappa shape index (κ2) is 7.07. The molecular weight excluding hydrogens is 329 g/mol. The van der Waals surface area contributed by atoms with Crippen molar-refractivity contribution >= 4 is 46.6 Å². The number of halogens is 2. The highest BCUT2D eigenvalue weighted by atomic mass is 35.5. The molecule has 21 heavy (non-hydrogen) atoms. The summed E-state index contributed by atoms with van der Waals surface area (Å²) in [6, 6.07) is 10.3. The molecule has 110 valence electrons. The third-order valence-electron chi connectivity index (χ3n) is 2.77. The van der Waals surface area contributed by atoms with Crippen LogP contribution in [-0.2, 0) is 4.79 Å². The fourth-order valence-corrected chi connectivity index (χ4v) is 2.88. The summed E-state index contributed by atoms with van der Waals surface area (Å²) in [5.74, 6) is 0.0672. The summed E-state index contributed by atoms with van der Waals surface area (Å²) in [4.78, 5) is 12.6. The zero-order valence-electron chi connectivity index (χ0n) is 11.2. The van der Waals surface area contributed by atoms with E-state index in [9.17, 15) is 9.90 Å². The Labute approximate surface area is 137 Å². The molecule has 6 heteroatoms. The van der Waals surface area contributed by atoms with Gasteiger partial charge >= 0.3 is 0 Å². The van der Waals surface area contributed by atoms with Gasteiger partial charge in [0.2, 0.25) is 5.91 Å². The molecule has 0 radical (unpaired) electrons. The van der Waals surface area contributed by atoms with E-state index in [-0.39, 0.29) is 17.4 Å². The average Bonchev–Trinajstić information content (AvgIpc) is 2.47. The van der Waals surface area contributed by atoms with E-state index < -0.39 is 0 Å². The smallest absolute Gasteiger partial charge is 0.234 e. The van der Waals surface area contributed by atoms with E-state index in [1.807, 2.05) is 6.92 Å². The standard InChI is InChI=1S/C15H13Cl2NO2S/c1-9-6-7-10(16)15(14(9)17)18-13(20)8-21-12-5-3-2-4-11(12)19/h2-7,19H,8H2,1H3,(H,18,20). The molecule has 0 atom stereocenters. The van der Waals surface area contributed by atoms with E-state index in [1.54, 1.807) is 36.4 Å². The molecule has 0 saturated heterocycles. The molecule has 0 fully saturated rings. The largest absolute Gasteiger partial charge is 0.507 e. The lowest BCUT2D eigenvalue weighted by Crippen LogP contribution is -2.15. The first-order valence-electron chi connectivity index (χ1n) is 6.14. The van der Waals surface area contributed by atoms with Gasteiger partial charge in [0.15, 0.2) is 0 Å². The van der Waals surface area contributed by atoms with Gasteiger partial charge in [-0.25, -0.2) is 0 Å². The van der Waals surface area contributed by atoms with Crippen molar-refractivity contribution in [3.8, 4) is 5.75 Å². The quantitative estimate of drug-likeness (QED) is 0.789. The topological polar surface area (TPSA) is 49.3 Å². The maximum absolute atomic E-state index is 12.0. The van der Waals surface area contributed by atoms with Crippen LogP contribution in [0.1, 0.15) is 5.56 Å². The molecule has 0 unspecified atom stereocenters. The Balaban J connectivity index is 2.03. The summed E-state index contributed by atoms with van der Waals surface area (Å²) in [6.45, 7) is 1.84. The maximum Gasteiger partial charge on any atom is 0.234 e. The Morgan fingerprint density at radius 1 is 1.24 bits per heavy atom. The number of carbonyl (C=O) groups is 1. The van der Waals surface area contributed by atoms with Crippen molar-refractivity contribution < 1.29 is 9.90 Å². The predicted octanol–water partition coefficient (Wildman–Crippen LogP) is 4.74. The Kier molecular flexibility index (Phi) is 5.39. The summed E-state index contributed by atoms with van der Waals surface area (Å²) >= 11 is 13.4. The Hall–Kier alpha value is -1.36. The van der Waals surface area contributed by atoms with Crippen LogP contribution in [0.2, 0.25) is 10.0 Å². The van der Waals surface area contributed by atoms with Crippen LogP contribution in [0.4, 0.5) is 5.69 Å². The van der Waals surface area contributed by atoms with Gasteiger partial charge in [-0.1, -0.05) is 41.4 Å². The van der Waals surface area contributed by atoms with Gasteiger partial charge in [-0.2, -0.15) is 0 Å². The van der Waals surface area contributed by atoms with Gasteiger partial charge in [0.05, 0.1) is 21.5 Å². The van der Waals surface area contributed by atoms with Gasteiger partial charge in [-0.05, 0) is 30.7 Å². The summed E-state index contributed by atoms with van der Waals surface area (Å²) in [6.07, 6.45) is 0. The number of para-hydroxylation sites is 1. The molecular formula is C15H13Cl2NO2S. The van der Waals surface area contributed by atoms with Gasteiger partial charge in [0, 0.05) is 4.90 Å². The van der Waals surface area contributed by atoms with Crippen LogP contribution >= 0.6 is 35.0 Å². The number of benzene rings is 2. The SMILES string of the molecule is Cc1ccc(Cl)c(NC(=O)CSc2ccccc2O)c1Cl. The molecule has 0 heterocycles. The molecule has 0 aliphatic carbocycles. The van der Waals surface area contributed by atoms with E-state index in [0.29, 0.717) is 20.6 Å². The summed E-state index contributed by atoms with van der Waals surface area (Å²) in [5, 5.41) is 13.2. The first-order chi connectivity index (χ1) is 9.99. The van der Waals surface area contributed by atoms with E-state index >= 15 is 0 Å². The van der Waals surface area contributed by atoms with E-state index in [1.165, 1.54) is 11.8 Å². The number of phenolic OH excluding ortho intramolecular Hbond substituents is 1. The Morgan fingerprint density at radius 3 is 2.67 bits per heavy atom. The minimum Gasteiger partial charge on any atom is -0.507 e. The van der Waals surface area contributed by atoms with Gasteiger partial charge in [0.1, 0.15) is 5.75 Å². The number of hydrogen-bond donors (Lipinski definition) is 2. The minimum absolute atomic E-state index is 0.151. The Bertz CT molecular complexity index is 677. The first-order valence-corrected chi connectivity index (χ1v) is 7.88. The molecule has 0 aromatic heterocycles. The lowest BCUT2D eigenvalue weighted by atomic mass is 10.2. The van der Waals surface area contributed by atoms with Gasteiger partial charge in [0.25, 0.3) is 0 Å². The monoisotopic (exact) mass is 341 g/mol. The number of hydrogen-bond acceptors (Lipinski definition) is 3. The van der Waals surface area contributed by atoms with Crippen molar-refractivity contribution in [2.75, 3.05) is 11.1 Å². The number of nitrogens with one attached hydrogen (secondary N) is 1. The van der Waals surface area contributed by atoms with Crippen molar-refractivity contribution in [1.29, 1.82) is 0 Å². The lowest BCUT2D eigenvalue weighted by Gasteiger charge is -2.11. The number of phenols is 1. The third kappa shape index (κ3) is 4.06. The van der Waals surface area contributed by atoms with Crippen LogP contribution in [0.25, 0.3) is 0 Å². The molecule has 0 spiro atoms. The summed E-state index contributed by atoms with van der Waals surface area (Å²) in [7, 11) is 0. The van der Waals surface area contributed by atoms with Crippen LogP contribution in [-0.4, -0.2) is 16.8 Å². The van der Waals surface area contributed by atoms with Gasteiger partial charge in [-0.15, -0.1) is 11.8 Å². The number of rotatable bonds is 4. The van der Waals surface area contributed by atoms with Gasteiger partial charge < -0.3 is 10.4 Å². The fraction of sp³-hybridized carbons (Fsp3) is 0.133. The minimum atomic E-state index is -0.238. The van der Waals surface area contributed by atoms with Crippen LogP contribution in [0.3, 0.4) is 0 Å². The number of carbonyl (C=O) groups excluding carboxylic acids is 1. The normalized spacial score (nSPS) is 10.4. The molecule has 1 amide bonds. The fourth-order valence-electron chi connectivity index (χ4n) is 1.67. The number of thioether (sulfide) groups is 1. The molecule has 2 aromatic carbocycles. The number of amides is 1. The number of anilines is 1. The highest BCUT2D eigenvalue weighted by Crippen LogP contribution is 2.33. The molecule has 0 aliphatic rings. The second-order valence-corrected chi connectivity index (χ2v) is 6.16. The van der Waals surface area contributed by atoms with E-state index in [4.69, 9.17) is 23.2 Å². The molecule has 3 nitrogen and oxygen atoms in total.